The van der Waals surface area contributed by atoms with Gasteiger partial charge in [-0.25, -0.2) is 12.7 Å². The van der Waals surface area contributed by atoms with E-state index < -0.39 is 10.0 Å². The average molecular weight is 361 g/mol. The van der Waals surface area contributed by atoms with E-state index in [1.807, 2.05) is 31.2 Å². The van der Waals surface area contributed by atoms with Gasteiger partial charge in [0.05, 0.1) is 6.26 Å². The second kappa shape index (κ2) is 9.75. The van der Waals surface area contributed by atoms with E-state index in [-0.39, 0.29) is 0 Å². The minimum absolute atomic E-state index is 0.487. The van der Waals surface area contributed by atoms with E-state index in [9.17, 15) is 8.42 Å². The molecule has 0 unspecified atom stereocenters. The van der Waals surface area contributed by atoms with Crippen LogP contribution in [0.3, 0.4) is 0 Å². The molecule has 0 saturated carbocycles. The van der Waals surface area contributed by atoms with Crippen LogP contribution in [0.1, 0.15) is 18.9 Å². The Balaban J connectivity index is 2.35. The molecule has 1 aromatic carbocycles. The number of nitrogens with one attached hydrogen (secondary N) is 2. The summed E-state index contributed by atoms with van der Waals surface area (Å²) < 4.78 is 24.4. The number of halogens is 1. The van der Waals surface area contributed by atoms with E-state index in [1.165, 1.54) is 10.6 Å². The molecule has 0 heterocycles. The third-order valence-electron chi connectivity index (χ3n) is 3.27. The van der Waals surface area contributed by atoms with Crippen molar-refractivity contribution in [1.82, 2.24) is 14.9 Å². The zero-order valence-corrected chi connectivity index (χ0v) is 15.4. The molecule has 0 fully saturated rings. The third-order valence-corrected chi connectivity index (χ3v) is 4.88. The molecule has 0 amide bonds. The van der Waals surface area contributed by atoms with Crippen LogP contribution < -0.4 is 10.6 Å². The van der Waals surface area contributed by atoms with Crippen molar-refractivity contribution in [2.24, 2.45) is 4.99 Å². The maximum absolute atomic E-state index is 11.5. The topological polar surface area (TPSA) is 73.8 Å². The second-order valence-corrected chi connectivity index (χ2v) is 7.51. The van der Waals surface area contributed by atoms with Gasteiger partial charge in [0.25, 0.3) is 0 Å². The summed E-state index contributed by atoms with van der Waals surface area (Å²) in [5.74, 6) is 0.673. The van der Waals surface area contributed by atoms with Gasteiger partial charge in [0.15, 0.2) is 5.96 Å². The Kier molecular flexibility index (Phi) is 8.36. The Bertz CT molecular complexity index is 620. The number of hydrogen-bond donors (Lipinski definition) is 2. The lowest BCUT2D eigenvalue weighted by molar-refractivity contribution is 0.424. The normalized spacial score (nSPS) is 12.5. The highest BCUT2D eigenvalue weighted by molar-refractivity contribution is 7.88. The van der Waals surface area contributed by atoms with Crippen molar-refractivity contribution in [2.45, 2.75) is 19.9 Å². The average Bonchev–Trinajstić information content (AvgIpc) is 2.49. The first kappa shape index (κ1) is 19.7. The van der Waals surface area contributed by atoms with Crippen LogP contribution in [0.4, 0.5) is 0 Å². The van der Waals surface area contributed by atoms with E-state index in [1.54, 1.807) is 7.05 Å². The number of aliphatic imine (C=N–C) groups is 1. The van der Waals surface area contributed by atoms with Crippen LogP contribution in [0, 0.1) is 0 Å². The summed E-state index contributed by atoms with van der Waals surface area (Å²) in [5.41, 5.74) is 1.06. The van der Waals surface area contributed by atoms with Crippen molar-refractivity contribution in [1.29, 1.82) is 0 Å². The summed E-state index contributed by atoms with van der Waals surface area (Å²) in [5, 5.41) is 7.06. The predicted octanol–water partition coefficient (Wildman–Crippen LogP) is 1.68. The number of nitrogens with zero attached hydrogens (tertiary/aromatic N) is 2. The lowest BCUT2D eigenvalue weighted by Gasteiger charge is -2.18. The standard InChI is InChI=1S/C15H25ClN4O2S/c1-4-20(23(3,21)22)10-6-9-18-15(17-2)19-12-13-7-5-8-14(16)11-13/h5,7-8,11H,4,6,9-10,12H2,1-3H3,(H2,17,18,19). The van der Waals surface area contributed by atoms with Crippen LogP contribution in [0.2, 0.25) is 5.02 Å². The molecule has 0 saturated heterocycles. The monoisotopic (exact) mass is 360 g/mol. The SMILES string of the molecule is CCN(CCCNC(=NC)NCc1cccc(Cl)c1)S(C)(=O)=O. The van der Waals surface area contributed by atoms with Gasteiger partial charge in [0.2, 0.25) is 10.0 Å². The summed E-state index contributed by atoms with van der Waals surface area (Å²) in [6, 6.07) is 7.61. The molecule has 0 aliphatic heterocycles. The largest absolute Gasteiger partial charge is 0.356 e. The van der Waals surface area contributed by atoms with E-state index in [0.717, 1.165) is 5.56 Å². The molecule has 8 heteroatoms. The lowest BCUT2D eigenvalue weighted by Crippen LogP contribution is -2.39. The fourth-order valence-corrected chi connectivity index (χ4v) is 3.22. The zero-order chi connectivity index (χ0) is 17.3. The predicted molar refractivity (Wildman–Crippen MR) is 96.4 cm³/mol. The Morgan fingerprint density at radius 2 is 2.09 bits per heavy atom. The van der Waals surface area contributed by atoms with Crippen LogP contribution in [0.15, 0.2) is 29.3 Å². The van der Waals surface area contributed by atoms with Gasteiger partial charge >= 0.3 is 0 Å². The van der Waals surface area contributed by atoms with Crippen molar-refractivity contribution in [2.75, 3.05) is 32.9 Å². The van der Waals surface area contributed by atoms with E-state index in [2.05, 4.69) is 15.6 Å². The molecule has 6 nitrogen and oxygen atoms in total. The highest BCUT2D eigenvalue weighted by atomic mass is 35.5. The highest BCUT2D eigenvalue weighted by Crippen LogP contribution is 2.10. The molecule has 0 aliphatic rings. The third kappa shape index (κ3) is 7.67. The van der Waals surface area contributed by atoms with Gasteiger partial charge in [-0.2, -0.15) is 0 Å². The molecule has 0 aliphatic carbocycles. The molecule has 0 aromatic heterocycles. The Morgan fingerprint density at radius 3 is 2.65 bits per heavy atom. The van der Waals surface area contributed by atoms with Gasteiger partial charge in [-0.15, -0.1) is 0 Å². The first-order chi connectivity index (χ1) is 10.9. The van der Waals surface area contributed by atoms with Crippen LogP contribution in [-0.4, -0.2) is 51.6 Å². The fraction of sp³-hybridized carbons (Fsp3) is 0.533. The molecular weight excluding hydrogens is 336 g/mol. The van der Waals surface area contributed by atoms with Crippen molar-refractivity contribution < 1.29 is 8.42 Å². The molecule has 0 spiro atoms. The Hall–Kier alpha value is -1.31. The van der Waals surface area contributed by atoms with E-state index >= 15 is 0 Å². The van der Waals surface area contributed by atoms with Crippen molar-refractivity contribution in [3.05, 3.63) is 34.9 Å². The van der Waals surface area contributed by atoms with Crippen LogP contribution >= 0.6 is 11.6 Å². The van der Waals surface area contributed by atoms with Crippen LogP contribution in [-0.2, 0) is 16.6 Å². The Morgan fingerprint density at radius 1 is 1.35 bits per heavy atom. The number of rotatable bonds is 8. The van der Waals surface area contributed by atoms with Gasteiger partial charge in [0, 0.05) is 38.2 Å². The van der Waals surface area contributed by atoms with Gasteiger partial charge in [-0.1, -0.05) is 30.7 Å². The Labute approximate surface area is 144 Å². The minimum Gasteiger partial charge on any atom is -0.356 e. The smallest absolute Gasteiger partial charge is 0.211 e. The summed E-state index contributed by atoms with van der Waals surface area (Å²) in [6.07, 6.45) is 1.94. The van der Waals surface area contributed by atoms with Gasteiger partial charge in [0.1, 0.15) is 0 Å². The quantitative estimate of drug-likeness (QED) is 0.420. The van der Waals surface area contributed by atoms with Gasteiger partial charge in [-0.3, -0.25) is 4.99 Å². The summed E-state index contributed by atoms with van der Waals surface area (Å²) in [6.45, 7) is 4.07. The highest BCUT2D eigenvalue weighted by Gasteiger charge is 2.13. The first-order valence-corrected chi connectivity index (χ1v) is 9.73. The molecule has 130 valence electrons. The van der Waals surface area contributed by atoms with Crippen molar-refractivity contribution in [3.63, 3.8) is 0 Å². The summed E-state index contributed by atoms with van der Waals surface area (Å²) >= 11 is 5.95. The van der Waals surface area contributed by atoms with Crippen molar-refractivity contribution in [3.8, 4) is 0 Å². The summed E-state index contributed by atoms with van der Waals surface area (Å²) in [4.78, 5) is 4.14. The molecule has 0 atom stereocenters. The van der Waals surface area contributed by atoms with E-state index in [0.29, 0.717) is 43.6 Å². The molecule has 1 aromatic rings. The maximum atomic E-state index is 11.5. The minimum atomic E-state index is -3.12. The molecular formula is C15H25ClN4O2S. The van der Waals surface area contributed by atoms with Crippen LogP contribution in [0.25, 0.3) is 0 Å². The maximum Gasteiger partial charge on any atom is 0.211 e. The second-order valence-electron chi connectivity index (χ2n) is 5.09. The number of benzene rings is 1. The number of guanidine groups is 1. The zero-order valence-electron chi connectivity index (χ0n) is 13.8. The number of hydrogen-bond acceptors (Lipinski definition) is 3. The fourth-order valence-electron chi connectivity index (χ4n) is 2.07. The first-order valence-electron chi connectivity index (χ1n) is 7.51. The van der Waals surface area contributed by atoms with Crippen LogP contribution in [0.5, 0.6) is 0 Å². The molecule has 23 heavy (non-hydrogen) atoms. The van der Waals surface area contributed by atoms with E-state index in [4.69, 9.17) is 11.6 Å². The van der Waals surface area contributed by atoms with Gasteiger partial charge < -0.3 is 10.6 Å². The molecule has 1 rings (SSSR count). The molecule has 0 radical (unpaired) electrons. The molecule has 2 N–H and O–H groups in total. The molecule has 0 bridgehead atoms. The lowest BCUT2D eigenvalue weighted by atomic mass is 10.2. The van der Waals surface area contributed by atoms with Crippen molar-refractivity contribution >= 4 is 27.6 Å². The number of sulfonamides is 1. The summed E-state index contributed by atoms with van der Waals surface area (Å²) in [7, 11) is -1.43. The van der Waals surface area contributed by atoms with Gasteiger partial charge in [-0.05, 0) is 24.1 Å².